The van der Waals surface area contributed by atoms with E-state index < -0.39 is 0 Å². The van der Waals surface area contributed by atoms with Crippen LogP contribution in [0, 0.1) is 0 Å². The summed E-state index contributed by atoms with van der Waals surface area (Å²) >= 11 is 3.71. The molecule has 0 fully saturated rings. The second-order valence-corrected chi connectivity index (χ2v) is 6.27. The number of hydrogen-bond donors (Lipinski definition) is 0. The minimum atomic E-state index is 0.902. The number of ether oxygens (including phenoxy) is 1. The lowest BCUT2D eigenvalue weighted by molar-refractivity contribution is 0.192. The normalized spacial score (nSPS) is 10.9. The van der Waals surface area contributed by atoms with Crippen molar-refractivity contribution >= 4 is 22.7 Å². The molecule has 3 heteroatoms. The molecule has 2 aromatic rings. The van der Waals surface area contributed by atoms with Gasteiger partial charge in [-0.1, -0.05) is 18.9 Å². The highest BCUT2D eigenvalue weighted by molar-refractivity contribution is 7.20. The SMILES string of the molecule is COCCCCCCc1ccsc1-c1cccs1. The highest BCUT2D eigenvalue weighted by Crippen LogP contribution is 2.33. The molecule has 0 bridgehead atoms. The first-order valence-corrected chi connectivity index (χ1v) is 8.27. The fourth-order valence-electron chi connectivity index (χ4n) is 2.07. The molecule has 2 heterocycles. The van der Waals surface area contributed by atoms with Crippen molar-refractivity contribution in [1.29, 1.82) is 0 Å². The Hall–Kier alpha value is -0.640. The van der Waals surface area contributed by atoms with Crippen LogP contribution in [-0.2, 0) is 11.2 Å². The maximum absolute atomic E-state index is 5.07. The molecule has 98 valence electrons. The van der Waals surface area contributed by atoms with E-state index in [0.717, 1.165) is 6.61 Å². The molecule has 2 rings (SSSR count). The Bertz CT molecular complexity index is 431. The molecule has 0 unspecified atom stereocenters. The van der Waals surface area contributed by atoms with Gasteiger partial charge in [0.1, 0.15) is 0 Å². The van der Waals surface area contributed by atoms with Gasteiger partial charge in [-0.15, -0.1) is 22.7 Å². The molecule has 0 saturated heterocycles. The minimum Gasteiger partial charge on any atom is -0.385 e. The summed E-state index contributed by atoms with van der Waals surface area (Å²) in [5.41, 5.74) is 1.52. The van der Waals surface area contributed by atoms with Crippen molar-refractivity contribution in [1.82, 2.24) is 0 Å². The molecule has 0 spiro atoms. The second kappa shape index (κ2) is 7.72. The van der Waals surface area contributed by atoms with E-state index >= 15 is 0 Å². The highest BCUT2D eigenvalue weighted by atomic mass is 32.1. The molecule has 0 amide bonds. The Labute approximate surface area is 117 Å². The van der Waals surface area contributed by atoms with E-state index in [1.807, 2.05) is 22.7 Å². The third-order valence-electron chi connectivity index (χ3n) is 3.04. The van der Waals surface area contributed by atoms with Crippen LogP contribution in [0.2, 0.25) is 0 Å². The number of unbranched alkanes of at least 4 members (excludes halogenated alkanes) is 3. The third kappa shape index (κ3) is 3.94. The zero-order valence-electron chi connectivity index (χ0n) is 10.9. The van der Waals surface area contributed by atoms with Gasteiger partial charge in [-0.2, -0.15) is 0 Å². The van der Waals surface area contributed by atoms with Crippen molar-refractivity contribution in [3.63, 3.8) is 0 Å². The molecule has 0 aliphatic carbocycles. The summed E-state index contributed by atoms with van der Waals surface area (Å²) < 4.78 is 5.07. The Morgan fingerprint density at radius 3 is 2.67 bits per heavy atom. The highest BCUT2D eigenvalue weighted by Gasteiger charge is 2.07. The lowest BCUT2D eigenvalue weighted by atomic mass is 10.1. The average molecular weight is 280 g/mol. The molecule has 0 atom stereocenters. The van der Waals surface area contributed by atoms with Gasteiger partial charge in [0, 0.05) is 23.5 Å². The van der Waals surface area contributed by atoms with E-state index in [1.165, 1.54) is 47.4 Å². The van der Waals surface area contributed by atoms with Gasteiger partial charge >= 0.3 is 0 Å². The lowest BCUT2D eigenvalue weighted by Crippen LogP contribution is -1.90. The van der Waals surface area contributed by atoms with Crippen LogP contribution in [0.4, 0.5) is 0 Å². The molecule has 0 radical (unpaired) electrons. The number of hydrogen-bond acceptors (Lipinski definition) is 3. The predicted molar refractivity (Wildman–Crippen MR) is 81.7 cm³/mol. The number of thiophene rings is 2. The van der Waals surface area contributed by atoms with E-state index in [9.17, 15) is 0 Å². The molecular weight excluding hydrogens is 260 g/mol. The van der Waals surface area contributed by atoms with Crippen LogP contribution in [0.5, 0.6) is 0 Å². The van der Waals surface area contributed by atoms with Crippen molar-refractivity contribution < 1.29 is 4.74 Å². The molecule has 0 aliphatic rings. The molecule has 2 aromatic heterocycles. The maximum Gasteiger partial charge on any atom is 0.0474 e. The predicted octanol–water partition coefficient (Wildman–Crippen LogP) is 5.23. The van der Waals surface area contributed by atoms with Crippen LogP contribution in [-0.4, -0.2) is 13.7 Å². The largest absolute Gasteiger partial charge is 0.385 e. The fraction of sp³-hybridized carbons (Fsp3) is 0.467. The number of rotatable bonds is 8. The minimum absolute atomic E-state index is 0.902. The fourth-order valence-corrected chi connectivity index (χ4v) is 3.93. The smallest absolute Gasteiger partial charge is 0.0474 e. The van der Waals surface area contributed by atoms with Gasteiger partial charge in [-0.3, -0.25) is 0 Å². The van der Waals surface area contributed by atoms with Gasteiger partial charge in [0.2, 0.25) is 0 Å². The standard InChI is InChI=1S/C15H20OS2/c1-16-10-5-3-2-4-7-13-9-12-18-15(13)14-8-6-11-17-14/h6,8-9,11-12H,2-5,7,10H2,1H3. The van der Waals surface area contributed by atoms with Crippen molar-refractivity contribution in [2.45, 2.75) is 32.1 Å². The van der Waals surface area contributed by atoms with E-state index in [4.69, 9.17) is 4.74 Å². The van der Waals surface area contributed by atoms with Gasteiger partial charge in [0.25, 0.3) is 0 Å². The van der Waals surface area contributed by atoms with Crippen molar-refractivity contribution in [2.24, 2.45) is 0 Å². The monoisotopic (exact) mass is 280 g/mol. The summed E-state index contributed by atoms with van der Waals surface area (Å²) in [7, 11) is 1.78. The topological polar surface area (TPSA) is 9.23 Å². The van der Waals surface area contributed by atoms with Gasteiger partial charge in [0.05, 0.1) is 0 Å². The van der Waals surface area contributed by atoms with Crippen LogP contribution in [0.3, 0.4) is 0 Å². The van der Waals surface area contributed by atoms with E-state index in [0.29, 0.717) is 0 Å². The second-order valence-electron chi connectivity index (χ2n) is 4.41. The van der Waals surface area contributed by atoms with E-state index in [-0.39, 0.29) is 0 Å². The third-order valence-corrected chi connectivity index (χ3v) is 5.04. The molecular formula is C15H20OS2. The van der Waals surface area contributed by atoms with Crippen molar-refractivity contribution in [3.8, 4) is 9.75 Å². The van der Waals surface area contributed by atoms with Gasteiger partial charge in [-0.05, 0) is 47.7 Å². The molecule has 1 nitrogen and oxygen atoms in total. The summed E-state index contributed by atoms with van der Waals surface area (Å²) in [6.45, 7) is 0.902. The summed E-state index contributed by atoms with van der Waals surface area (Å²) in [5.74, 6) is 0. The zero-order chi connectivity index (χ0) is 12.6. The van der Waals surface area contributed by atoms with E-state index in [1.54, 1.807) is 7.11 Å². The van der Waals surface area contributed by atoms with Crippen molar-refractivity contribution in [2.75, 3.05) is 13.7 Å². The van der Waals surface area contributed by atoms with Gasteiger partial charge in [0.15, 0.2) is 0 Å². The van der Waals surface area contributed by atoms with Crippen LogP contribution >= 0.6 is 22.7 Å². The Morgan fingerprint density at radius 1 is 1.00 bits per heavy atom. The summed E-state index contributed by atoms with van der Waals surface area (Å²) in [5, 5.41) is 4.37. The first-order chi connectivity index (χ1) is 8.92. The summed E-state index contributed by atoms with van der Waals surface area (Å²) in [6, 6.07) is 6.64. The van der Waals surface area contributed by atoms with Crippen LogP contribution < -0.4 is 0 Å². The molecule has 0 aliphatic heterocycles. The zero-order valence-corrected chi connectivity index (χ0v) is 12.5. The Kier molecular flexibility index (Phi) is 5.91. The summed E-state index contributed by atoms with van der Waals surface area (Å²) in [4.78, 5) is 2.89. The lowest BCUT2D eigenvalue weighted by Gasteiger charge is -2.03. The molecule has 0 saturated carbocycles. The van der Waals surface area contributed by atoms with E-state index in [2.05, 4.69) is 29.0 Å². The Morgan fingerprint density at radius 2 is 1.89 bits per heavy atom. The summed E-state index contributed by atoms with van der Waals surface area (Å²) in [6.07, 6.45) is 6.29. The van der Waals surface area contributed by atoms with Gasteiger partial charge in [-0.25, -0.2) is 0 Å². The first-order valence-electron chi connectivity index (χ1n) is 6.51. The quantitative estimate of drug-likeness (QED) is 0.602. The first kappa shape index (κ1) is 13.8. The van der Waals surface area contributed by atoms with Crippen molar-refractivity contribution in [3.05, 3.63) is 34.5 Å². The average Bonchev–Trinajstić information content (AvgIpc) is 3.03. The molecule has 18 heavy (non-hydrogen) atoms. The van der Waals surface area contributed by atoms with Gasteiger partial charge < -0.3 is 4.74 Å². The molecule has 0 aromatic carbocycles. The van der Waals surface area contributed by atoms with Crippen LogP contribution in [0.1, 0.15) is 31.2 Å². The van der Waals surface area contributed by atoms with Crippen LogP contribution in [0.25, 0.3) is 9.75 Å². The van der Waals surface area contributed by atoms with Crippen LogP contribution in [0.15, 0.2) is 29.0 Å². The maximum atomic E-state index is 5.07. The molecule has 0 N–H and O–H groups in total. The number of methoxy groups -OCH3 is 1. The Balaban J connectivity index is 1.78. The number of aryl methyl sites for hydroxylation is 1.